The van der Waals surface area contributed by atoms with Gasteiger partial charge in [0.25, 0.3) is 5.56 Å². The highest BCUT2D eigenvalue weighted by Gasteiger charge is 2.14. The summed E-state index contributed by atoms with van der Waals surface area (Å²) in [5.74, 6) is -0.352. The standard InChI is InChI=1S/C22H25N5O2S/c1-12(2)20(28)26-22(30)25-16-6-5-14(10-23)17(9-16)18-8-15-11-24-13(3)7-19(15)27(4)21(18)29/h5-9,11-12H,10,23H2,1-4H3,(H2,25,26,28,30). The zero-order valence-corrected chi connectivity index (χ0v) is 18.3. The van der Waals surface area contributed by atoms with E-state index < -0.39 is 0 Å². The fourth-order valence-electron chi connectivity index (χ4n) is 3.16. The molecule has 0 fully saturated rings. The van der Waals surface area contributed by atoms with E-state index in [1.807, 2.05) is 37.3 Å². The van der Waals surface area contributed by atoms with Gasteiger partial charge < -0.3 is 20.9 Å². The maximum absolute atomic E-state index is 13.1. The number of anilines is 1. The van der Waals surface area contributed by atoms with Gasteiger partial charge in [-0.05, 0) is 54.5 Å². The molecule has 0 saturated heterocycles. The van der Waals surface area contributed by atoms with Crippen LogP contribution in [-0.4, -0.2) is 20.6 Å². The summed E-state index contributed by atoms with van der Waals surface area (Å²) in [5, 5.41) is 6.71. The Kier molecular flexibility index (Phi) is 6.28. The summed E-state index contributed by atoms with van der Waals surface area (Å²) in [6, 6.07) is 9.21. The predicted octanol–water partition coefficient (Wildman–Crippen LogP) is 2.84. The Bertz CT molecular complexity index is 1200. The van der Waals surface area contributed by atoms with Gasteiger partial charge in [0.1, 0.15) is 0 Å². The lowest BCUT2D eigenvalue weighted by Crippen LogP contribution is -2.36. The van der Waals surface area contributed by atoms with Crippen LogP contribution in [0.3, 0.4) is 0 Å². The Morgan fingerprint density at radius 2 is 1.97 bits per heavy atom. The number of hydrogen-bond acceptors (Lipinski definition) is 5. The zero-order chi connectivity index (χ0) is 22.0. The molecule has 0 radical (unpaired) electrons. The molecule has 7 nitrogen and oxygen atoms in total. The molecular weight excluding hydrogens is 398 g/mol. The predicted molar refractivity (Wildman–Crippen MR) is 124 cm³/mol. The molecular formula is C22H25N5O2S. The van der Waals surface area contributed by atoms with E-state index in [1.165, 1.54) is 0 Å². The van der Waals surface area contributed by atoms with Crippen molar-refractivity contribution >= 4 is 39.8 Å². The lowest BCUT2D eigenvalue weighted by Gasteiger charge is -2.15. The number of nitrogens with one attached hydrogen (secondary N) is 2. The minimum absolute atomic E-state index is 0.129. The van der Waals surface area contributed by atoms with E-state index in [4.69, 9.17) is 18.0 Å². The molecule has 0 saturated carbocycles. The first-order valence-electron chi connectivity index (χ1n) is 9.63. The third-order valence-electron chi connectivity index (χ3n) is 4.88. The Labute approximate surface area is 180 Å². The molecule has 0 aliphatic carbocycles. The van der Waals surface area contributed by atoms with Crippen LogP contribution in [0.25, 0.3) is 22.0 Å². The second kappa shape index (κ2) is 8.73. The van der Waals surface area contributed by atoms with Crippen molar-refractivity contribution in [1.82, 2.24) is 14.9 Å². The normalized spacial score (nSPS) is 11.0. The van der Waals surface area contributed by atoms with E-state index in [-0.39, 0.29) is 29.0 Å². The summed E-state index contributed by atoms with van der Waals surface area (Å²) < 4.78 is 1.62. The van der Waals surface area contributed by atoms with Gasteiger partial charge >= 0.3 is 0 Å². The molecule has 0 spiro atoms. The second-order valence-corrected chi connectivity index (χ2v) is 7.89. The van der Waals surface area contributed by atoms with Crippen molar-refractivity contribution in [3.8, 4) is 11.1 Å². The number of carbonyl (C=O) groups is 1. The monoisotopic (exact) mass is 423 g/mol. The highest BCUT2D eigenvalue weighted by Crippen LogP contribution is 2.27. The molecule has 3 rings (SSSR count). The van der Waals surface area contributed by atoms with E-state index in [0.29, 0.717) is 16.8 Å². The first-order chi connectivity index (χ1) is 14.2. The van der Waals surface area contributed by atoms with Crippen LogP contribution in [0.2, 0.25) is 0 Å². The number of fused-ring (bicyclic) bond motifs is 1. The molecule has 1 amide bonds. The smallest absolute Gasteiger partial charge is 0.258 e. The maximum atomic E-state index is 13.1. The first kappa shape index (κ1) is 21.6. The van der Waals surface area contributed by atoms with Gasteiger partial charge in [-0.3, -0.25) is 14.6 Å². The number of carbonyl (C=O) groups excluding carboxylic acids is 1. The van der Waals surface area contributed by atoms with Crippen LogP contribution < -0.4 is 21.9 Å². The van der Waals surface area contributed by atoms with Crippen LogP contribution in [-0.2, 0) is 18.4 Å². The average molecular weight is 424 g/mol. The number of pyridine rings is 2. The van der Waals surface area contributed by atoms with Gasteiger partial charge in [0.2, 0.25) is 5.91 Å². The molecule has 3 aromatic rings. The van der Waals surface area contributed by atoms with Gasteiger partial charge in [-0.1, -0.05) is 19.9 Å². The molecule has 8 heteroatoms. The van der Waals surface area contributed by atoms with Gasteiger partial charge in [-0.2, -0.15) is 0 Å². The average Bonchev–Trinajstić information content (AvgIpc) is 2.70. The first-order valence-corrected chi connectivity index (χ1v) is 10.0. The Hall–Kier alpha value is -3.10. The van der Waals surface area contributed by atoms with E-state index >= 15 is 0 Å². The van der Waals surface area contributed by atoms with E-state index in [2.05, 4.69) is 15.6 Å². The van der Waals surface area contributed by atoms with Crippen molar-refractivity contribution in [3.63, 3.8) is 0 Å². The number of benzene rings is 1. The quantitative estimate of drug-likeness (QED) is 0.558. The lowest BCUT2D eigenvalue weighted by molar-refractivity contribution is -0.122. The summed E-state index contributed by atoms with van der Waals surface area (Å²) in [6.07, 6.45) is 1.76. The number of hydrogen-bond donors (Lipinski definition) is 3. The summed E-state index contributed by atoms with van der Waals surface area (Å²) in [6.45, 7) is 5.74. The zero-order valence-electron chi connectivity index (χ0n) is 17.4. The van der Waals surface area contributed by atoms with Crippen LogP contribution in [0.1, 0.15) is 25.1 Å². The van der Waals surface area contributed by atoms with Crippen LogP contribution in [0, 0.1) is 12.8 Å². The van der Waals surface area contributed by atoms with Crippen molar-refractivity contribution in [3.05, 3.63) is 58.1 Å². The number of nitrogens with zero attached hydrogens (tertiary/aromatic N) is 2. The molecule has 1 aromatic carbocycles. The molecule has 0 atom stereocenters. The topological polar surface area (TPSA) is 102 Å². The molecule has 2 aromatic heterocycles. The van der Waals surface area contributed by atoms with Gasteiger partial charge in [0.05, 0.1) is 5.52 Å². The van der Waals surface area contributed by atoms with Gasteiger partial charge in [0.15, 0.2) is 5.11 Å². The van der Waals surface area contributed by atoms with Crippen LogP contribution in [0.4, 0.5) is 5.69 Å². The van der Waals surface area contributed by atoms with Gasteiger partial charge in [-0.15, -0.1) is 0 Å². The molecule has 0 aliphatic heterocycles. The number of aryl methyl sites for hydroxylation is 2. The molecule has 0 unspecified atom stereocenters. The number of amides is 1. The Morgan fingerprint density at radius 3 is 2.63 bits per heavy atom. The number of rotatable bonds is 4. The minimum Gasteiger partial charge on any atom is -0.332 e. The van der Waals surface area contributed by atoms with Crippen molar-refractivity contribution in [2.45, 2.75) is 27.3 Å². The Balaban J connectivity index is 2.05. The third-order valence-corrected chi connectivity index (χ3v) is 5.09. The van der Waals surface area contributed by atoms with Crippen LogP contribution >= 0.6 is 12.2 Å². The molecule has 4 N–H and O–H groups in total. The summed E-state index contributed by atoms with van der Waals surface area (Å²) in [7, 11) is 1.74. The van der Waals surface area contributed by atoms with E-state index in [1.54, 1.807) is 31.7 Å². The van der Waals surface area contributed by atoms with E-state index in [9.17, 15) is 9.59 Å². The molecule has 30 heavy (non-hydrogen) atoms. The molecule has 2 heterocycles. The summed E-state index contributed by atoms with van der Waals surface area (Å²) in [5.41, 5.74) is 10.2. The largest absolute Gasteiger partial charge is 0.332 e. The van der Waals surface area contributed by atoms with Crippen molar-refractivity contribution in [2.24, 2.45) is 18.7 Å². The van der Waals surface area contributed by atoms with Crippen LogP contribution in [0.15, 0.2) is 41.3 Å². The van der Waals surface area contributed by atoms with E-state index in [0.717, 1.165) is 22.2 Å². The number of aromatic nitrogens is 2. The summed E-state index contributed by atoms with van der Waals surface area (Å²) in [4.78, 5) is 29.3. The minimum atomic E-state index is -0.183. The SMILES string of the molecule is Cc1cc2c(cn1)cc(-c1cc(NC(=S)NC(=O)C(C)C)ccc1CN)c(=O)n2C. The van der Waals surface area contributed by atoms with Crippen molar-refractivity contribution < 1.29 is 4.79 Å². The third kappa shape index (κ3) is 4.39. The van der Waals surface area contributed by atoms with Gasteiger partial charge in [-0.25, -0.2) is 0 Å². The van der Waals surface area contributed by atoms with Gasteiger partial charge in [0, 0.05) is 48.0 Å². The van der Waals surface area contributed by atoms with Crippen LogP contribution in [0.5, 0.6) is 0 Å². The molecule has 0 bridgehead atoms. The molecule has 0 aliphatic rings. The summed E-state index contributed by atoms with van der Waals surface area (Å²) >= 11 is 5.23. The van der Waals surface area contributed by atoms with Crippen molar-refractivity contribution in [1.29, 1.82) is 0 Å². The highest BCUT2D eigenvalue weighted by molar-refractivity contribution is 7.80. The Morgan fingerprint density at radius 1 is 1.23 bits per heavy atom. The number of nitrogens with two attached hydrogens (primary N) is 1. The fraction of sp³-hybridized carbons (Fsp3) is 0.273. The second-order valence-electron chi connectivity index (χ2n) is 7.48. The fourth-order valence-corrected chi connectivity index (χ4v) is 3.38. The lowest BCUT2D eigenvalue weighted by atomic mass is 9.98. The maximum Gasteiger partial charge on any atom is 0.258 e. The highest BCUT2D eigenvalue weighted by atomic mass is 32.1. The van der Waals surface area contributed by atoms with Crippen molar-refractivity contribution in [2.75, 3.05) is 5.32 Å². The molecule has 156 valence electrons. The number of thiocarbonyl (C=S) groups is 1.